The predicted octanol–water partition coefficient (Wildman–Crippen LogP) is 2.41. The maximum atomic E-state index is 3.70. The first kappa shape index (κ1) is 8.76. The molecule has 2 heteroatoms. The highest BCUT2D eigenvalue weighted by molar-refractivity contribution is 9.10. The first-order valence-corrected chi connectivity index (χ1v) is 3.53. The van der Waals surface area contributed by atoms with Crippen molar-refractivity contribution in [1.82, 2.24) is 5.32 Å². The van der Waals surface area contributed by atoms with Crippen LogP contribution in [0.15, 0.2) is 24.9 Å². The van der Waals surface area contributed by atoms with Crippen molar-refractivity contribution in [2.75, 3.05) is 0 Å². The van der Waals surface area contributed by atoms with E-state index in [1.54, 1.807) is 6.08 Å². The SMILES string of the molecule is C=CC(=C)NC(C)(C)Br. The zero-order valence-corrected chi connectivity index (χ0v) is 7.46. The Morgan fingerprint density at radius 1 is 1.67 bits per heavy atom. The number of halogens is 1. The van der Waals surface area contributed by atoms with Crippen molar-refractivity contribution in [2.24, 2.45) is 0 Å². The molecule has 0 unspecified atom stereocenters. The summed E-state index contributed by atoms with van der Waals surface area (Å²) in [4.78, 5) is 0. The van der Waals surface area contributed by atoms with Crippen LogP contribution >= 0.6 is 15.9 Å². The van der Waals surface area contributed by atoms with Crippen LogP contribution < -0.4 is 5.32 Å². The molecule has 1 N–H and O–H groups in total. The van der Waals surface area contributed by atoms with Crippen molar-refractivity contribution < 1.29 is 0 Å². The Morgan fingerprint density at radius 2 is 2.11 bits per heavy atom. The van der Waals surface area contributed by atoms with Gasteiger partial charge in [-0.1, -0.05) is 29.1 Å². The number of rotatable bonds is 3. The fraction of sp³-hybridized carbons (Fsp3) is 0.429. The number of nitrogens with one attached hydrogen (secondary N) is 1. The zero-order chi connectivity index (χ0) is 7.49. The zero-order valence-electron chi connectivity index (χ0n) is 5.87. The van der Waals surface area contributed by atoms with Gasteiger partial charge in [0.2, 0.25) is 0 Å². The average molecular weight is 190 g/mol. The van der Waals surface area contributed by atoms with Crippen LogP contribution in [0.3, 0.4) is 0 Å². The molecule has 0 radical (unpaired) electrons. The van der Waals surface area contributed by atoms with Crippen molar-refractivity contribution >= 4 is 15.9 Å². The minimum absolute atomic E-state index is 0.0850. The van der Waals surface area contributed by atoms with Crippen LogP contribution in [0, 0.1) is 0 Å². The van der Waals surface area contributed by atoms with Crippen LogP contribution in [-0.2, 0) is 0 Å². The van der Waals surface area contributed by atoms with E-state index in [1.165, 1.54) is 0 Å². The number of hydrogen-bond donors (Lipinski definition) is 1. The molecule has 0 fully saturated rings. The predicted molar refractivity (Wildman–Crippen MR) is 45.5 cm³/mol. The molecule has 9 heavy (non-hydrogen) atoms. The molecule has 0 atom stereocenters. The van der Waals surface area contributed by atoms with Gasteiger partial charge in [0.15, 0.2) is 0 Å². The van der Waals surface area contributed by atoms with Gasteiger partial charge in [-0.15, -0.1) is 0 Å². The van der Waals surface area contributed by atoms with Crippen LogP contribution in [0.1, 0.15) is 13.8 Å². The molecular weight excluding hydrogens is 178 g/mol. The summed E-state index contributed by atoms with van der Waals surface area (Å²) in [5.74, 6) is 0. The van der Waals surface area contributed by atoms with E-state index < -0.39 is 0 Å². The molecule has 0 aliphatic heterocycles. The van der Waals surface area contributed by atoms with Crippen LogP contribution in [-0.4, -0.2) is 4.45 Å². The lowest BCUT2D eigenvalue weighted by Gasteiger charge is -2.19. The summed E-state index contributed by atoms with van der Waals surface area (Å²) in [7, 11) is 0. The number of allylic oxidation sites excluding steroid dienone is 1. The van der Waals surface area contributed by atoms with Crippen molar-refractivity contribution in [3.8, 4) is 0 Å². The fourth-order valence-electron chi connectivity index (χ4n) is 0.433. The minimum Gasteiger partial charge on any atom is -0.371 e. The van der Waals surface area contributed by atoms with E-state index in [-0.39, 0.29) is 4.45 Å². The second-order valence-electron chi connectivity index (χ2n) is 2.33. The van der Waals surface area contributed by atoms with Gasteiger partial charge in [0.1, 0.15) is 0 Å². The third-order valence-electron chi connectivity index (χ3n) is 0.704. The van der Waals surface area contributed by atoms with Crippen LogP contribution in [0.5, 0.6) is 0 Å². The maximum Gasteiger partial charge on any atom is 0.0871 e. The van der Waals surface area contributed by atoms with E-state index >= 15 is 0 Å². The fourth-order valence-corrected chi connectivity index (χ4v) is 0.687. The third kappa shape index (κ3) is 5.63. The highest BCUT2D eigenvalue weighted by Gasteiger charge is 2.09. The first-order valence-electron chi connectivity index (χ1n) is 2.74. The van der Waals surface area contributed by atoms with Crippen molar-refractivity contribution in [3.63, 3.8) is 0 Å². The molecule has 0 saturated carbocycles. The second-order valence-corrected chi connectivity index (χ2v) is 4.31. The molecule has 0 spiro atoms. The first-order chi connectivity index (χ1) is 3.95. The molecule has 0 aromatic carbocycles. The molecule has 0 aliphatic carbocycles. The normalized spacial score (nSPS) is 10.6. The number of hydrogen-bond acceptors (Lipinski definition) is 1. The maximum absolute atomic E-state index is 3.70. The number of alkyl halides is 1. The monoisotopic (exact) mass is 189 g/mol. The van der Waals surface area contributed by atoms with Gasteiger partial charge < -0.3 is 5.32 Å². The summed E-state index contributed by atoms with van der Waals surface area (Å²) in [6.07, 6.45) is 1.68. The summed E-state index contributed by atoms with van der Waals surface area (Å²) >= 11 is 3.40. The Morgan fingerprint density at radius 3 is 2.22 bits per heavy atom. The summed E-state index contributed by atoms with van der Waals surface area (Å²) in [6.45, 7) is 11.3. The van der Waals surface area contributed by atoms with E-state index in [0.717, 1.165) is 5.70 Å². The van der Waals surface area contributed by atoms with Gasteiger partial charge in [-0.05, 0) is 19.9 Å². The van der Waals surface area contributed by atoms with Crippen molar-refractivity contribution in [2.45, 2.75) is 18.3 Å². The Balaban J connectivity index is 3.74. The molecule has 0 amide bonds. The molecule has 0 saturated heterocycles. The van der Waals surface area contributed by atoms with Crippen molar-refractivity contribution in [1.29, 1.82) is 0 Å². The quantitative estimate of drug-likeness (QED) is 0.409. The summed E-state index contributed by atoms with van der Waals surface area (Å²) in [6, 6.07) is 0. The van der Waals surface area contributed by atoms with Crippen molar-refractivity contribution in [3.05, 3.63) is 24.9 Å². The van der Waals surface area contributed by atoms with Gasteiger partial charge >= 0.3 is 0 Å². The summed E-state index contributed by atoms with van der Waals surface area (Å²) < 4.78 is -0.0850. The Hall–Kier alpha value is -0.240. The van der Waals surface area contributed by atoms with E-state index in [1.807, 2.05) is 13.8 Å². The molecular formula is C7H12BrN. The molecule has 0 aromatic heterocycles. The topological polar surface area (TPSA) is 12.0 Å². The van der Waals surface area contributed by atoms with Gasteiger partial charge in [-0.25, -0.2) is 0 Å². The lowest BCUT2D eigenvalue weighted by molar-refractivity contribution is 0.638. The molecule has 0 bridgehead atoms. The van der Waals surface area contributed by atoms with Crippen LogP contribution in [0.2, 0.25) is 0 Å². The van der Waals surface area contributed by atoms with Gasteiger partial charge in [0.05, 0.1) is 4.45 Å². The molecule has 0 rings (SSSR count). The lowest BCUT2D eigenvalue weighted by atomic mass is 10.3. The third-order valence-corrected chi connectivity index (χ3v) is 0.902. The Kier molecular flexibility index (Phi) is 2.98. The molecule has 52 valence electrons. The van der Waals surface area contributed by atoms with E-state index in [9.17, 15) is 0 Å². The molecule has 1 nitrogen and oxygen atoms in total. The Labute approximate surface area is 65.0 Å². The van der Waals surface area contributed by atoms with Gasteiger partial charge in [0, 0.05) is 5.70 Å². The summed E-state index contributed by atoms with van der Waals surface area (Å²) in [5.41, 5.74) is 0.830. The van der Waals surface area contributed by atoms with E-state index in [2.05, 4.69) is 34.4 Å². The van der Waals surface area contributed by atoms with Gasteiger partial charge in [-0.3, -0.25) is 0 Å². The van der Waals surface area contributed by atoms with Gasteiger partial charge in [0.25, 0.3) is 0 Å². The highest BCUT2D eigenvalue weighted by atomic mass is 79.9. The van der Waals surface area contributed by atoms with E-state index in [0.29, 0.717) is 0 Å². The van der Waals surface area contributed by atoms with Crippen LogP contribution in [0.25, 0.3) is 0 Å². The van der Waals surface area contributed by atoms with E-state index in [4.69, 9.17) is 0 Å². The average Bonchev–Trinajstić information content (AvgIpc) is 1.62. The Bertz CT molecular complexity index is 121. The van der Waals surface area contributed by atoms with Crippen LogP contribution in [0.4, 0.5) is 0 Å². The molecule has 0 aromatic rings. The highest BCUT2D eigenvalue weighted by Crippen LogP contribution is 2.12. The minimum atomic E-state index is -0.0850. The lowest BCUT2D eigenvalue weighted by Crippen LogP contribution is -2.30. The van der Waals surface area contributed by atoms with Gasteiger partial charge in [-0.2, -0.15) is 0 Å². The molecule has 0 aliphatic rings. The summed E-state index contributed by atoms with van der Waals surface area (Å²) in [5, 5.41) is 3.07. The second kappa shape index (κ2) is 3.06. The standard InChI is InChI=1S/C7H12BrN/c1-5-6(2)9-7(3,4)8/h5,9H,1-2H2,3-4H3. The molecule has 0 heterocycles. The smallest absolute Gasteiger partial charge is 0.0871 e. The largest absolute Gasteiger partial charge is 0.371 e.